The van der Waals surface area contributed by atoms with Crippen LogP contribution in [0.1, 0.15) is 16.2 Å². The predicted octanol–water partition coefficient (Wildman–Crippen LogP) is 2.66. The first-order chi connectivity index (χ1) is 14.2. The molecule has 0 unspecified atom stereocenters. The van der Waals surface area contributed by atoms with Gasteiger partial charge in [-0.05, 0) is 18.2 Å². The number of amides is 1. The molecule has 1 saturated heterocycles. The number of aromatic amines is 1. The van der Waals surface area contributed by atoms with Gasteiger partial charge in [-0.25, -0.2) is 14.4 Å². The second-order valence-electron chi connectivity index (χ2n) is 6.73. The molecule has 1 amide bonds. The Bertz CT molecular complexity index is 1160. The van der Waals surface area contributed by atoms with E-state index in [9.17, 15) is 9.18 Å². The Labute approximate surface area is 165 Å². The van der Waals surface area contributed by atoms with Crippen molar-refractivity contribution in [3.63, 3.8) is 0 Å². The summed E-state index contributed by atoms with van der Waals surface area (Å²) < 4.78 is 19.9. The molecule has 8 nitrogen and oxygen atoms in total. The fraction of sp³-hybridized carbons (Fsp3) is 0.200. The normalized spacial score (nSPS) is 15.9. The van der Waals surface area contributed by atoms with Crippen LogP contribution in [0.25, 0.3) is 16.6 Å². The van der Waals surface area contributed by atoms with Gasteiger partial charge in [0.2, 0.25) is 0 Å². The number of morpholine rings is 1. The lowest BCUT2D eigenvalue weighted by Gasteiger charge is -2.27. The van der Waals surface area contributed by atoms with Gasteiger partial charge in [0.25, 0.3) is 5.91 Å². The highest BCUT2D eigenvalue weighted by atomic mass is 19.1. The Morgan fingerprint density at radius 2 is 2.07 bits per heavy atom. The highest BCUT2D eigenvalue weighted by molar-refractivity contribution is 5.95. The molecule has 0 radical (unpaired) electrons. The summed E-state index contributed by atoms with van der Waals surface area (Å²) in [6.45, 7) is 1.86. The van der Waals surface area contributed by atoms with E-state index in [1.807, 2.05) is 18.2 Å². The Hall–Kier alpha value is -3.59. The lowest BCUT2D eigenvalue weighted by molar-refractivity contribution is 0.0300. The quantitative estimate of drug-likeness (QED) is 0.709. The van der Waals surface area contributed by atoms with E-state index in [2.05, 4.69) is 25.5 Å². The SMILES string of the molecule is O=C(c1ccc(Nc2nc(C3=CC=C3)nc3cn[nH]c23)cc1F)N1CCOCC1. The zero-order chi connectivity index (χ0) is 19.8. The first-order valence-corrected chi connectivity index (χ1v) is 9.22. The van der Waals surface area contributed by atoms with Crippen LogP contribution < -0.4 is 5.32 Å². The average Bonchev–Trinajstić information content (AvgIpc) is 3.16. The monoisotopic (exact) mass is 392 g/mol. The number of aromatic nitrogens is 4. The molecule has 9 heteroatoms. The molecule has 0 spiro atoms. The summed E-state index contributed by atoms with van der Waals surface area (Å²) in [7, 11) is 0. The van der Waals surface area contributed by atoms with Crippen molar-refractivity contribution in [2.75, 3.05) is 31.6 Å². The number of rotatable bonds is 4. The number of anilines is 2. The average molecular weight is 392 g/mol. The fourth-order valence-corrected chi connectivity index (χ4v) is 3.24. The van der Waals surface area contributed by atoms with Gasteiger partial charge in [-0.3, -0.25) is 9.89 Å². The second-order valence-corrected chi connectivity index (χ2v) is 6.73. The van der Waals surface area contributed by atoms with E-state index >= 15 is 0 Å². The van der Waals surface area contributed by atoms with Gasteiger partial charge in [0.15, 0.2) is 11.6 Å². The fourth-order valence-electron chi connectivity index (χ4n) is 3.24. The van der Waals surface area contributed by atoms with Crippen LogP contribution in [0.15, 0.2) is 42.6 Å². The van der Waals surface area contributed by atoms with Crippen molar-refractivity contribution in [1.82, 2.24) is 25.1 Å². The van der Waals surface area contributed by atoms with E-state index in [-0.39, 0.29) is 11.5 Å². The van der Waals surface area contributed by atoms with Gasteiger partial charge in [-0.2, -0.15) is 5.10 Å². The number of benzene rings is 1. The minimum Gasteiger partial charge on any atom is -0.378 e. The molecule has 2 aromatic heterocycles. The summed E-state index contributed by atoms with van der Waals surface area (Å²) >= 11 is 0. The summed E-state index contributed by atoms with van der Waals surface area (Å²) in [5.41, 5.74) is 2.69. The van der Waals surface area contributed by atoms with Crippen LogP contribution in [-0.4, -0.2) is 57.3 Å². The molecule has 2 aliphatic rings. The van der Waals surface area contributed by atoms with Crippen molar-refractivity contribution in [3.8, 4) is 0 Å². The van der Waals surface area contributed by atoms with Gasteiger partial charge in [-0.1, -0.05) is 18.2 Å². The van der Waals surface area contributed by atoms with Gasteiger partial charge >= 0.3 is 0 Å². The van der Waals surface area contributed by atoms with Crippen molar-refractivity contribution >= 4 is 34.0 Å². The van der Waals surface area contributed by atoms with E-state index in [1.165, 1.54) is 12.1 Å². The van der Waals surface area contributed by atoms with E-state index in [4.69, 9.17) is 4.74 Å². The molecule has 0 bridgehead atoms. The standard InChI is InChI=1S/C20H17FN6O2/c21-15-10-13(4-5-14(15)20(28)27-6-8-29-9-7-27)23-19-17-16(11-22-26-17)24-18(25-19)12-2-1-3-12/h1-5,10-11H,6-9H2,(H,22,26)(H,23,24,25). The molecular weight excluding hydrogens is 375 g/mol. The Balaban J connectivity index is 1.43. The van der Waals surface area contributed by atoms with Crippen LogP contribution in [0.3, 0.4) is 0 Å². The Kier molecular flexibility index (Phi) is 4.28. The maximum atomic E-state index is 14.7. The van der Waals surface area contributed by atoms with Gasteiger partial charge in [0, 0.05) is 24.4 Å². The van der Waals surface area contributed by atoms with Crippen LogP contribution >= 0.6 is 0 Å². The number of ether oxygens (including phenoxy) is 1. The number of nitrogens with zero attached hydrogens (tertiary/aromatic N) is 4. The zero-order valence-corrected chi connectivity index (χ0v) is 15.4. The summed E-state index contributed by atoms with van der Waals surface area (Å²) in [4.78, 5) is 23.1. The van der Waals surface area contributed by atoms with Gasteiger partial charge in [-0.15, -0.1) is 0 Å². The van der Waals surface area contributed by atoms with E-state index < -0.39 is 5.82 Å². The molecule has 1 aliphatic carbocycles. The van der Waals surface area contributed by atoms with E-state index in [1.54, 1.807) is 17.2 Å². The van der Waals surface area contributed by atoms with Crippen LogP contribution in [-0.2, 0) is 4.74 Å². The highest BCUT2D eigenvalue weighted by Crippen LogP contribution is 2.27. The third-order valence-electron chi connectivity index (χ3n) is 4.87. The van der Waals surface area contributed by atoms with Gasteiger partial charge in [0.1, 0.15) is 16.9 Å². The molecule has 29 heavy (non-hydrogen) atoms. The minimum atomic E-state index is -0.591. The molecule has 5 rings (SSSR count). The number of carbonyl (C=O) groups excluding carboxylic acids is 1. The smallest absolute Gasteiger partial charge is 0.256 e. The first-order valence-electron chi connectivity index (χ1n) is 9.22. The number of hydrogen-bond donors (Lipinski definition) is 2. The van der Waals surface area contributed by atoms with E-state index in [0.29, 0.717) is 54.7 Å². The van der Waals surface area contributed by atoms with Crippen LogP contribution in [0.4, 0.5) is 15.9 Å². The summed E-state index contributed by atoms with van der Waals surface area (Å²) in [6.07, 6.45) is 7.34. The third kappa shape index (κ3) is 3.25. The summed E-state index contributed by atoms with van der Waals surface area (Å²) in [5, 5.41) is 9.98. The molecule has 1 fully saturated rings. The van der Waals surface area contributed by atoms with Crippen molar-refractivity contribution in [2.45, 2.75) is 0 Å². The van der Waals surface area contributed by atoms with E-state index in [0.717, 1.165) is 5.57 Å². The second kappa shape index (κ2) is 7.10. The van der Waals surface area contributed by atoms with Gasteiger partial charge < -0.3 is 15.0 Å². The molecular formula is C20H17FN6O2. The van der Waals surface area contributed by atoms with Crippen molar-refractivity contribution in [3.05, 3.63) is 59.8 Å². The zero-order valence-electron chi connectivity index (χ0n) is 15.4. The Morgan fingerprint density at radius 1 is 1.24 bits per heavy atom. The molecule has 1 aliphatic heterocycles. The molecule has 3 aromatic rings. The molecule has 3 heterocycles. The number of halogens is 1. The predicted molar refractivity (Wildman–Crippen MR) is 105 cm³/mol. The first kappa shape index (κ1) is 17.5. The molecule has 146 valence electrons. The number of allylic oxidation sites excluding steroid dienone is 4. The number of nitrogens with one attached hydrogen (secondary N) is 2. The highest BCUT2D eigenvalue weighted by Gasteiger charge is 2.22. The number of fused-ring (bicyclic) bond motifs is 1. The number of H-pyrrole nitrogens is 1. The summed E-state index contributed by atoms with van der Waals surface area (Å²) in [5.74, 6) is 0.117. The van der Waals surface area contributed by atoms with Crippen LogP contribution in [0.5, 0.6) is 0 Å². The summed E-state index contributed by atoms with van der Waals surface area (Å²) in [6, 6.07) is 4.43. The topological polar surface area (TPSA) is 96.0 Å². The van der Waals surface area contributed by atoms with Gasteiger partial charge in [0.05, 0.1) is 25.0 Å². The Morgan fingerprint density at radius 3 is 2.79 bits per heavy atom. The maximum absolute atomic E-state index is 14.7. The maximum Gasteiger partial charge on any atom is 0.256 e. The molecule has 0 atom stereocenters. The molecule has 1 aromatic carbocycles. The largest absolute Gasteiger partial charge is 0.378 e. The third-order valence-corrected chi connectivity index (χ3v) is 4.87. The van der Waals surface area contributed by atoms with Crippen molar-refractivity contribution in [2.24, 2.45) is 0 Å². The van der Waals surface area contributed by atoms with Crippen molar-refractivity contribution in [1.29, 1.82) is 0 Å². The molecule has 0 saturated carbocycles. The number of carbonyl (C=O) groups is 1. The lowest BCUT2D eigenvalue weighted by atomic mass is 10.1. The van der Waals surface area contributed by atoms with Crippen molar-refractivity contribution < 1.29 is 13.9 Å². The lowest BCUT2D eigenvalue weighted by Crippen LogP contribution is -2.41. The van der Waals surface area contributed by atoms with Crippen LogP contribution in [0.2, 0.25) is 0 Å². The number of hydrogen-bond acceptors (Lipinski definition) is 6. The minimum absolute atomic E-state index is 0.0391. The molecule has 2 N–H and O–H groups in total. The van der Waals surface area contributed by atoms with Crippen LogP contribution in [0, 0.1) is 5.82 Å².